The molecule has 2 heterocycles. The Morgan fingerprint density at radius 2 is 2.00 bits per heavy atom. The van der Waals surface area contributed by atoms with Gasteiger partial charge in [0.25, 0.3) is 0 Å². The second-order valence-corrected chi connectivity index (χ2v) is 7.55. The van der Waals surface area contributed by atoms with Crippen LogP contribution in [0.15, 0.2) is 57.4 Å². The van der Waals surface area contributed by atoms with E-state index in [0.29, 0.717) is 16.7 Å². The molecular formula is C19H13BrN2O3S. The number of hydrogen-bond acceptors (Lipinski definition) is 6. The molecule has 5 nitrogen and oxygen atoms in total. The fourth-order valence-corrected chi connectivity index (χ4v) is 3.78. The van der Waals surface area contributed by atoms with Gasteiger partial charge in [-0.2, -0.15) is 0 Å². The zero-order valence-corrected chi connectivity index (χ0v) is 16.1. The molecule has 130 valence electrons. The van der Waals surface area contributed by atoms with Crippen LogP contribution in [-0.4, -0.2) is 15.9 Å². The molecule has 4 aromatic rings. The highest BCUT2D eigenvalue weighted by molar-refractivity contribution is 9.10. The van der Waals surface area contributed by atoms with Crippen LogP contribution >= 0.6 is 27.3 Å². The Labute approximate surface area is 161 Å². The van der Waals surface area contributed by atoms with Gasteiger partial charge < -0.3 is 9.15 Å². The van der Waals surface area contributed by atoms with Gasteiger partial charge in [0.15, 0.2) is 22.4 Å². The summed E-state index contributed by atoms with van der Waals surface area (Å²) < 4.78 is 13.0. The highest BCUT2D eigenvalue weighted by atomic mass is 79.9. The third-order valence-electron chi connectivity index (χ3n) is 3.68. The van der Waals surface area contributed by atoms with Gasteiger partial charge in [-0.15, -0.1) is 11.3 Å². The molecule has 0 saturated heterocycles. The van der Waals surface area contributed by atoms with Crippen molar-refractivity contribution < 1.29 is 13.9 Å². The number of carbonyl (C=O) groups excluding carboxylic acids is 1. The van der Waals surface area contributed by atoms with Crippen LogP contribution in [-0.2, 0) is 11.3 Å². The van der Waals surface area contributed by atoms with Gasteiger partial charge in [0.1, 0.15) is 6.61 Å². The van der Waals surface area contributed by atoms with Crippen molar-refractivity contribution in [2.45, 2.75) is 13.5 Å². The first-order valence-electron chi connectivity index (χ1n) is 7.85. The summed E-state index contributed by atoms with van der Waals surface area (Å²) in [7, 11) is 0. The molecule has 0 aliphatic rings. The highest BCUT2D eigenvalue weighted by Crippen LogP contribution is 2.34. The Morgan fingerprint density at radius 1 is 1.19 bits per heavy atom. The van der Waals surface area contributed by atoms with Crippen LogP contribution in [0.25, 0.3) is 21.0 Å². The maximum atomic E-state index is 12.5. The fourth-order valence-electron chi connectivity index (χ4n) is 2.50. The first kappa shape index (κ1) is 16.9. The van der Waals surface area contributed by atoms with Gasteiger partial charge in [0.2, 0.25) is 0 Å². The van der Waals surface area contributed by atoms with E-state index in [1.807, 2.05) is 48.5 Å². The van der Waals surface area contributed by atoms with E-state index in [2.05, 4.69) is 25.9 Å². The maximum Gasteiger partial charge on any atom is 0.361 e. The van der Waals surface area contributed by atoms with Crippen LogP contribution in [0.3, 0.4) is 0 Å². The number of benzene rings is 2. The van der Waals surface area contributed by atoms with Crippen LogP contribution in [0.5, 0.6) is 0 Å². The number of hydrogen-bond donors (Lipinski definition) is 0. The van der Waals surface area contributed by atoms with Crippen LogP contribution in [0.2, 0.25) is 0 Å². The Morgan fingerprint density at radius 3 is 2.81 bits per heavy atom. The first-order chi connectivity index (χ1) is 12.6. The summed E-state index contributed by atoms with van der Waals surface area (Å²) in [6.45, 7) is 1.87. The van der Waals surface area contributed by atoms with Gasteiger partial charge in [0, 0.05) is 11.4 Å². The molecule has 0 N–H and O–H groups in total. The highest BCUT2D eigenvalue weighted by Gasteiger charge is 2.24. The monoisotopic (exact) mass is 428 g/mol. The lowest BCUT2D eigenvalue weighted by molar-refractivity contribution is 0.0467. The molecule has 0 fully saturated rings. The lowest BCUT2D eigenvalue weighted by Crippen LogP contribution is -2.07. The molecule has 4 rings (SSSR count). The predicted molar refractivity (Wildman–Crippen MR) is 103 cm³/mol. The molecule has 0 amide bonds. The molecule has 2 aromatic carbocycles. The minimum Gasteiger partial charge on any atom is -0.456 e. The summed E-state index contributed by atoms with van der Waals surface area (Å²) >= 11 is 4.88. The lowest BCUT2D eigenvalue weighted by Gasteiger charge is -2.03. The molecule has 0 bridgehead atoms. The summed E-state index contributed by atoms with van der Waals surface area (Å²) in [5, 5.41) is 0.602. The van der Waals surface area contributed by atoms with Crippen LogP contribution < -0.4 is 0 Å². The average molecular weight is 429 g/mol. The van der Waals surface area contributed by atoms with E-state index in [1.165, 1.54) is 11.3 Å². The summed E-state index contributed by atoms with van der Waals surface area (Å²) in [5.74, 6) is 0.214. The van der Waals surface area contributed by atoms with Crippen molar-refractivity contribution in [3.63, 3.8) is 0 Å². The summed E-state index contributed by atoms with van der Waals surface area (Å²) in [5.41, 5.74) is 1.89. The molecule has 0 aliphatic heterocycles. The van der Waals surface area contributed by atoms with Gasteiger partial charge in [-0.25, -0.2) is 14.8 Å². The van der Waals surface area contributed by atoms with Gasteiger partial charge in [-0.1, -0.05) is 46.3 Å². The van der Waals surface area contributed by atoms with Crippen LogP contribution in [0.1, 0.15) is 21.9 Å². The van der Waals surface area contributed by atoms with E-state index in [-0.39, 0.29) is 12.3 Å². The molecule has 0 radical (unpaired) electrons. The van der Waals surface area contributed by atoms with Crippen molar-refractivity contribution in [1.82, 2.24) is 9.97 Å². The molecule has 26 heavy (non-hydrogen) atoms. The number of aryl methyl sites for hydroxylation is 1. The first-order valence-corrected chi connectivity index (χ1v) is 9.46. The number of esters is 1. The minimum absolute atomic E-state index is 0.150. The normalized spacial score (nSPS) is 11.0. The van der Waals surface area contributed by atoms with Crippen LogP contribution in [0, 0.1) is 6.92 Å². The SMILES string of the molecule is Cc1nc(C(=O)OCc2ccccc2)c(-c2nc3cc(Br)ccc3s2)o1. The summed E-state index contributed by atoms with van der Waals surface area (Å²) in [4.78, 5) is 21.3. The Hall–Kier alpha value is -2.51. The molecule has 0 aliphatic carbocycles. The van der Waals surface area contributed by atoms with E-state index < -0.39 is 5.97 Å². The van der Waals surface area contributed by atoms with Crippen molar-refractivity contribution in [2.24, 2.45) is 0 Å². The van der Waals surface area contributed by atoms with Crippen LogP contribution in [0.4, 0.5) is 0 Å². The fraction of sp³-hybridized carbons (Fsp3) is 0.105. The topological polar surface area (TPSA) is 65.2 Å². The second-order valence-electron chi connectivity index (χ2n) is 5.60. The molecular weight excluding hydrogens is 416 g/mol. The molecule has 2 aromatic heterocycles. The third kappa shape index (κ3) is 3.40. The Balaban J connectivity index is 1.64. The zero-order valence-electron chi connectivity index (χ0n) is 13.7. The number of carbonyl (C=O) groups is 1. The molecule has 0 unspecified atom stereocenters. The largest absolute Gasteiger partial charge is 0.456 e. The predicted octanol–water partition coefficient (Wildman–Crippen LogP) is 5.38. The number of nitrogens with zero attached hydrogens (tertiary/aromatic N) is 2. The number of ether oxygens (including phenoxy) is 1. The quantitative estimate of drug-likeness (QED) is 0.408. The van der Waals surface area contributed by atoms with Crippen molar-refractivity contribution in [3.8, 4) is 10.8 Å². The molecule has 0 atom stereocenters. The van der Waals surface area contributed by atoms with E-state index in [4.69, 9.17) is 9.15 Å². The molecule has 0 saturated carbocycles. The number of thiazole rings is 1. The van der Waals surface area contributed by atoms with E-state index >= 15 is 0 Å². The summed E-state index contributed by atoms with van der Waals surface area (Å²) in [6.07, 6.45) is 0. The second kappa shape index (κ2) is 7.01. The number of rotatable bonds is 4. The van der Waals surface area contributed by atoms with Crippen molar-refractivity contribution in [1.29, 1.82) is 0 Å². The summed E-state index contributed by atoms with van der Waals surface area (Å²) in [6, 6.07) is 15.3. The average Bonchev–Trinajstić information content (AvgIpc) is 3.23. The maximum absolute atomic E-state index is 12.5. The number of fused-ring (bicyclic) bond motifs is 1. The number of aromatic nitrogens is 2. The lowest BCUT2D eigenvalue weighted by atomic mass is 10.2. The molecule has 0 spiro atoms. The van der Waals surface area contributed by atoms with E-state index in [9.17, 15) is 4.79 Å². The van der Waals surface area contributed by atoms with E-state index in [0.717, 1.165) is 20.3 Å². The van der Waals surface area contributed by atoms with Crippen molar-refractivity contribution in [2.75, 3.05) is 0 Å². The standard InChI is InChI=1S/C19H13BrN2O3S/c1-11-21-16(19(23)24-10-12-5-3-2-4-6-12)17(25-11)18-22-14-9-13(20)7-8-15(14)26-18/h2-9H,10H2,1H3. The smallest absolute Gasteiger partial charge is 0.361 e. The zero-order chi connectivity index (χ0) is 18.1. The Bertz CT molecular complexity index is 1090. The van der Waals surface area contributed by atoms with Gasteiger partial charge >= 0.3 is 5.97 Å². The number of halogens is 1. The van der Waals surface area contributed by atoms with Crippen molar-refractivity contribution in [3.05, 3.63) is 70.2 Å². The number of oxazole rings is 1. The van der Waals surface area contributed by atoms with Crippen molar-refractivity contribution >= 4 is 43.5 Å². The Kier molecular flexibility index (Phi) is 4.57. The van der Waals surface area contributed by atoms with Gasteiger partial charge in [0.05, 0.1) is 10.2 Å². The van der Waals surface area contributed by atoms with E-state index in [1.54, 1.807) is 6.92 Å². The third-order valence-corrected chi connectivity index (χ3v) is 5.21. The van der Waals surface area contributed by atoms with Gasteiger partial charge in [-0.05, 0) is 23.8 Å². The molecule has 7 heteroatoms. The van der Waals surface area contributed by atoms with Gasteiger partial charge in [-0.3, -0.25) is 0 Å². The minimum atomic E-state index is -0.527.